The van der Waals surface area contributed by atoms with E-state index < -0.39 is 18.1 Å². The number of carboxylic acids is 1. The van der Waals surface area contributed by atoms with Crippen molar-refractivity contribution in [3.63, 3.8) is 0 Å². The van der Waals surface area contributed by atoms with Crippen molar-refractivity contribution in [1.29, 1.82) is 0 Å². The monoisotopic (exact) mass is 275 g/mol. The van der Waals surface area contributed by atoms with E-state index in [0.717, 1.165) is 17.5 Å². The smallest absolute Gasteiger partial charge is 0.331 e. The highest BCUT2D eigenvalue weighted by molar-refractivity contribution is 5.88. The van der Waals surface area contributed by atoms with Crippen LogP contribution in [0.25, 0.3) is 0 Å². The lowest BCUT2D eigenvalue weighted by Crippen LogP contribution is -2.47. The molecule has 1 fully saturated rings. The second-order valence-electron chi connectivity index (χ2n) is 5.22. The van der Waals surface area contributed by atoms with Crippen molar-refractivity contribution in [1.82, 2.24) is 4.90 Å². The van der Waals surface area contributed by atoms with Crippen molar-refractivity contribution in [3.8, 4) is 0 Å². The molecule has 0 spiro atoms. The lowest BCUT2D eigenvalue weighted by atomic mass is 9.92. The zero-order chi connectivity index (χ0) is 14.1. The molecule has 2 aliphatic heterocycles. The molecule has 106 valence electrons. The summed E-state index contributed by atoms with van der Waals surface area (Å²) < 4.78 is 5.40. The molecule has 3 rings (SSSR count). The lowest BCUT2D eigenvalue weighted by Gasteiger charge is -2.36. The molecule has 2 atom stereocenters. The largest absolute Gasteiger partial charge is 0.479 e. The van der Waals surface area contributed by atoms with Crippen molar-refractivity contribution in [2.24, 2.45) is 0 Å². The van der Waals surface area contributed by atoms with Crippen molar-refractivity contribution in [2.45, 2.75) is 31.4 Å². The normalized spacial score (nSPS) is 25.3. The Morgan fingerprint density at radius 1 is 1.30 bits per heavy atom. The molecule has 1 N–H and O–H groups in total. The van der Waals surface area contributed by atoms with Gasteiger partial charge in [0.25, 0.3) is 5.91 Å². The van der Waals surface area contributed by atoms with Crippen LogP contribution < -0.4 is 0 Å². The summed E-state index contributed by atoms with van der Waals surface area (Å²) in [4.78, 5) is 25.5. The molecule has 5 nitrogen and oxygen atoms in total. The van der Waals surface area contributed by atoms with Gasteiger partial charge in [0, 0.05) is 13.2 Å². The van der Waals surface area contributed by atoms with Crippen LogP contribution in [0.5, 0.6) is 0 Å². The van der Waals surface area contributed by atoms with E-state index in [-0.39, 0.29) is 5.91 Å². The molecular weight excluding hydrogens is 258 g/mol. The number of amides is 1. The number of carboxylic acid groups (broad SMARTS) is 1. The molecule has 20 heavy (non-hydrogen) atoms. The van der Waals surface area contributed by atoms with Crippen LogP contribution in [0.2, 0.25) is 0 Å². The number of carbonyl (C=O) groups excluding carboxylic acids is 1. The van der Waals surface area contributed by atoms with Crippen molar-refractivity contribution in [2.75, 3.05) is 13.2 Å². The highest BCUT2D eigenvalue weighted by Crippen LogP contribution is 2.31. The molecule has 2 heterocycles. The maximum Gasteiger partial charge on any atom is 0.331 e. The molecule has 1 aromatic rings. The van der Waals surface area contributed by atoms with Crippen molar-refractivity contribution in [3.05, 3.63) is 35.4 Å². The number of nitrogens with zero attached hydrogens (tertiary/aromatic N) is 1. The van der Waals surface area contributed by atoms with Crippen LogP contribution in [0.4, 0.5) is 0 Å². The molecule has 0 aliphatic carbocycles. The number of fused-ring (bicyclic) bond motifs is 1. The first kappa shape index (κ1) is 13.1. The van der Waals surface area contributed by atoms with Crippen LogP contribution in [0.15, 0.2) is 24.3 Å². The van der Waals surface area contributed by atoms with Gasteiger partial charge in [-0.3, -0.25) is 4.79 Å². The van der Waals surface area contributed by atoms with Gasteiger partial charge >= 0.3 is 5.97 Å². The number of hydrogen-bond donors (Lipinski definition) is 1. The molecule has 0 radical (unpaired) electrons. The molecule has 0 bridgehead atoms. The Bertz CT molecular complexity index is 536. The second-order valence-corrected chi connectivity index (χ2v) is 5.22. The molecule has 1 amide bonds. The zero-order valence-electron chi connectivity index (χ0n) is 11.1. The van der Waals surface area contributed by atoms with Crippen LogP contribution in [-0.4, -0.2) is 41.1 Å². The Morgan fingerprint density at radius 2 is 2.10 bits per heavy atom. The minimum absolute atomic E-state index is 0.190. The number of carbonyl (C=O) groups is 2. The molecular formula is C15H17NO4. The fraction of sp³-hybridized carbons (Fsp3) is 0.467. The predicted octanol–water partition coefficient (Wildman–Crippen LogP) is 1.38. The first-order valence-corrected chi connectivity index (χ1v) is 6.91. The zero-order valence-corrected chi connectivity index (χ0v) is 11.1. The third-order valence-electron chi connectivity index (χ3n) is 4.01. The van der Waals surface area contributed by atoms with Gasteiger partial charge in [-0.25, -0.2) is 4.79 Å². The van der Waals surface area contributed by atoms with Gasteiger partial charge in [0.1, 0.15) is 6.10 Å². The summed E-state index contributed by atoms with van der Waals surface area (Å²) in [5.74, 6) is -1.17. The first-order valence-electron chi connectivity index (χ1n) is 6.91. The summed E-state index contributed by atoms with van der Waals surface area (Å²) in [5, 5.41) is 9.51. The minimum Gasteiger partial charge on any atom is -0.479 e. The summed E-state index contributed by atoms with van der Waals surface area (Å²) >= 11 is 0. The number of benzene rings is 1. The van der Waals surface area contributed by atoms with E-state index in [2.05, 4.69) is 0 Å². The van der Waals surface area contributed by atoms with E-state index in [0.29, 0.717) is 26.0 Å². The standard InChI is InChI=1S/C15H17NO4/c17-14(12-6-3-9-20-12)16-8-7-10-4-1-2-5-11(10)13(16)15(18)19/h1-2,4-5,12-13H,3,6-9H2,(H,18,19)/t12-,13?/m0/s1. The second kappa shape index (κ2) is 5.25. The SMILES string of the molecule is O=C(O)C1c2ccccc2CCN1C(=O)[C@@H]1CCCO1. The maximum absolute atomic E-state index is 12.5. The number of ether oxygens (including phenoxy) is 1. The van der Waals surface area contributed by atoms with E-state index in [4.69, 9.17) is 4.74 Å². The minimum atomic E-state index is -0.983. The summed E-state index contributed by atoms with van der Waals surface area (Å²) in [7, 11) is 0. The molecule has 0 aromatic heterocycles. The molecule has 5 heteroatoms. The highest BCUT2D eigenvalue weighted by atomic mass is 16.5. The van der Waals surface area contributed by atoms with Gasteiger partial charge in [-0.2, -0.15) is 0 Å². The summed E-state index contributed by atoms with van der Waals surface area (Å²) in [6, 6.07) is 6.54. The molecule has 1 aromatic carbocycles. The van der Waals surface area contributed by atoms with Crippen LogP contribution in [0.3, 0.4) is 0 Å². The van der Waals surface area contributed by atoms with E-state index in [1.54, 1.807) is 6.07 Å². The van der Waals surface area contributed by atoms with E-state index in [9.17, 15) is 14.7 Å². The van der Waals surface area contributed by atoms with Gasteiger partial charge < -0.3 is 14.7 Å². The number of aliphatic carboxylic acids is 1. The summed E-state index contributed by atoms with van der Waals surface area (Å²) in [6.07, 6.45) is 1.77. The number of hydrogen-bond acceptors (Lipinski definition) is 3. The first-order chi connectivity index (χ1) is 9.68. The van der Waals surface area contributed by atoms with Gasteiger partial charge in [0.15, 0.2) is 6.04 Å². The van der Waals surface area contributed by atoms with E-state index >= 15 is 0 Å². The third kappa shape index (κ3) is 2.18. The molecule has 0 saturated carbocycles. The van der Waals surface area contributed by atoms with Crippen LogP contribution in [0.1, 0.15) is 30.0 Å². The average Bonchev–Trinajstić information content (AvgIpc) is 2.99. The summed E-state index contributed by atoms with van der Waals surface area (Å²) in [6.45, 7) is 1.02. The third-order valence-corrected chi connectivity index (χ3v) is 4.01. The Labute approximate surface area is 117 Å². The molecule has 2 aliphatic rings. The Morgan fingerprint density at radius 3 is 2.80 bits per heavy atom. The molecule has 1 unspecified atom stereocenters. The average molecular weight is 275 g/mol. The maximum atomic E-state index is 12.5. The highest BCUT2D eigenvalue weighted by Gasteiger charge is 2.39. The lowest BCUT2D eigenvalue weighted by molar-refractivity contribution is -0.155. The fourth-order valence-electron chi connectivity index (χ4n) is 3.03. The fourth-order valence-corrected chi connectivity index (χ4v) is 3.03. The summed E-state index contributed by atoms with van der Waals surface area (Å²) in [5.41, 5.74) is 1.73. The quantitative estimate of drug-likeness (QED) is 0.885. The Balaban J connectivity index is 1.92. The van der Waals surface area contributed by atoms with Crippen LogP contribution in [-0.2, 0) is 20.7 Å². The number of rotatable bonds is 2. The Kier molecular flexibility index (Phi) is 3.44. The van der Waals surface area contributed by atoms with Gasteiger partial charge in [0.2, 0.25) is 0 Å². The van der Waals surface area contributed by atoms with Gasteiger partial charge in [-0.1, -0.05) is 24.3 Å². The van der Waals surface area contributed by atoms with Gasteiger partial charge in [-0.05, 0) is 30.4 Å². The Hall–Kier alpha value is -1.88. The van der Waals surface area contributed by atoms with Crippen LogP contribution >= 0.6 is 0 Å². The van der Waals surface area contributed by atoms with Gasteiger partial charge in [0.05, 0.1) is 0 Å². The topological polar surface area (TPSA) is 66.8 Å². The van der Waals surface area contributed by atoms with E-state index in [1.807, 2.05) is 18.2 Å². The van der Waals surface area contributed by atoms with E-state index in [1.165, 1.54) is 4.90 Å². The van der Waals surface area contributed by atoms with Crippen LogP contribution in [0, 0.1) is 0 Å². The predicted molar refractivity (Wildman–Crippen MR) is 71.2 cm³/mol. The molecule has 1 saturated heterocycles. The van der Waals surface area contributed by atoms with Crippen molar-refractivity contribution >= 4 is 11.9 Å². The van der Waals surface area contributed by atoms with Crippen molar-refractivity contribution < 1.29 is 19.4 Å². The van der Waals surface area contributed by atoms with Gasteiger partial charge in [-0.15, -0.1) is 0 Å².